The molecule has 1 aromatic heterocycles. The summed E-state index contributed by atoms with van der Waals surface area (Å²) in [5.41, 5.74) is -1.47. The first kappa shape index (κ1) is 33.1. The lowest BCUT2D eigenvalue weighted by Crippen LogP contribution is -2.67. The van der Waals surface area contributed by atoms with Gasteiger partial charge in [0.1, 0.15) is 5.75 Å². The summed E-state index contributed by atoms with van der Waals surface area (Å²) in [7, 11) is 3.25. The number of furan rings is 1. The summed E-state index contributed by atoms with van der Waals surface area (Å²) in [4.78, 5) is 30.0. The highest BCUT2D eigenvalue weighted by atomic mass is 16.5. The zero-order valence-electron chi connectivity index (χ0n) is 28.7. The fraction of sp³-hybridized carbons (Fsp3) is 0.590. The molecule has 48 heavy (non-hydrogen) atoms. The van der Waals surface area contributed by atoms with E-state index in [0.717, 1.165) is 37.7 Å². The van der Waals surface area contributed by atoms with Gasteiger partial charge in [-0.1, -0.05) is 32.1 Å². The minimum absolute atomic E-state index is 0.0254. The SMILES string of the molecule is COCCCN(CC1(O)CCC2C34C=CC5(C=C3C(=O)c3ccco3)CC(O)CCC5(C)C4CCC21C)C(=O)Nc1ccc(OC)cc1. The molecule has 8 atom stereocenters. The molecule has 2 bridgehead atoms. The number of Topliss-reactive ketones (excluding diaryl/α,β-unsaturated/α-hetero) is 1. The molecule has 2 spiro atoms. The van der Waals surface area contributed by atoms with Gasteiger partial charge < -0.3 is 34.3 Å². The maximum atomic E-state index is 14.4. The van der Waals surface area contributed by atoms with Crippen LogP contribution in [0.25, 0.3) is 0 Å². The van der Waals surface area contributed by atoms with Crippen LogP contribution in [-0.2, 0) is 4.74 Å². The number of hydrogen-bond acceptors (Lipinski definition) is 7. The largest absolute Gasteiger partial charge is 0.497 e. The predicted octanol–water partition coefficient (Wildman–Crippen LogP) is 6.63. The van der Waals surface area contributed by atoms with Gasteiger partial charge in [-0.2, -0.15) is 0 Å². The van der Waals surface area contributed by atoms with Gasteiger partial charge in [0.25, 0.3) is 0 Å². The van der Waals surface area contributed by atoms with Crippen molar-refractivity contribution in [2.75, 3.05) is 39.2 Å². The van der Waals surface area contributed by atoms with Crippen LogP contribution in [-0.4, -0.2) is 72.5 Å². The van der Waals surface area contributed by atoms with Crippen molar-refractivity contribution in [3.8, 4) is 5.75 Å². The minimum Gasteiger partial charge on any atom is -0.497 e. The smallest absolute Gasteiger partial charge is 0.321 e. The van der Waals surface area contributed by atoms with Crippen LogP contribution in [0.5, 0.6) is 5.75 Å². The van der Waals surface area contributed by atoms with Crippen LogP contribution in [0, 0.1) is 33.5 Å². The van der Waals surface area contributed by atoms with Crippen LogP contribution >= 0.6 is 0 Å². The Morgan fingerprint density at radius 1 is 1.00 bits per heavy atom. The molecule has 0 aliphatic heterocycles. The number of ketones is 1. The number of methoxy groups -OCH3 is 2. The van der Waals surface area contributed by atoms with Crippen LogP contribution in [0.3, 0.4) is 0 Å². The molecule has 1 heterocycles. The predicted molar refractivity (Wildman–Crippen MR) is 182 cm³/mol. The van der Waals surface area contributed by atoms with Gasteiger partial charge in [-0.3, -0.25) is 4.79 Å². The van der Waals surface area contributed by atoms with E-state index < -0.39 is 27.9 Å². The Bertz CT molecular complexity index is 1600. The number of fused-ring (bicyclic) bond motifs is 1. The summed E-state index contributed by atoms with van der Waals surface area (Å²) in [6.07, 6.45) is 13.7. The van der Waals surface area contributed by atoms with Gasteiger partial charge in [-0.25, -0.2) is 4.79 Å². The second kappa shape index (κ2) is 11.9. The molecule has 2 aromatic rings. The van der Waals surface area contributed by atoms with E-state index in [1.165, 1.54) is 0 Å². The molecule has 8 unspecified atom stereocenters. The van der Waals surface area contributed by atoms with Crippen LogP contribution < -0.4 is 10.1 Å². The average molecular weight is 659 g/mol. The Hall–Kier alpha value is -3.40. The highest BCUT2D eigenvalue weighted by molar-refractivity contribution is 6.08. The summed E-state index contributed by atoms with van der Waals surface area (Å²) < 4.78 is 16.3. The van der Waals surface area contributed by atoms with Crippen molar-refractivity contribution in [2.45, 2.75) is 76.9 Å². The van der Waals surface area contributed by atoms with Gasteiger partial charge in [-0.05, 0) is 105 Å². The highest BCUT2D eigenvalue weighted by Gasteiger charge is 2.74. The molecule has 6 aliphatic carbocycles. The van der Waals surface area contributed by atoms with Gasteiger partial charge in [0.05, 0.1) is 31.6 Å². The number of amides is 2. The maximum Gasteiger partial charge on any atom is 0.321 e. The van der Waals surface area contributed by atoms with Crippen molar-refractivity contribution >= 4 is 17.5 Å². The van der Waals surface area contributed by atoms with E-state index >= 15 is 0 Å². The number of benzene rings is 1. The van der Waals surface area contributed by atoms with Crippen LogP contribution in [0.4, 0.5) is 10.5 Å². The molecular weight excluding hydrogens is 608 g/mol. The second-order valence-corrected chi connectivity index (χ2v) is 15.5. The average Bonchev–Trinajstić information content (AvgIpc) is 3.71. The number of aliphatic hydroxyl groups excluding tert-OH is 1. The number of ether oxygens (including phenoxy) is 2. The molecular formula is C39H50N2O7. The lowest BCUT2D eigenvalue weighted by Gasteiger charge is -2.71. The highest BCUT2D eigenvalue weighted by Crippen LogP contribution is 2.78. The maximum absolute atomic E-state index is 14.4. The van der Waals surface area contributed by atoms with Gasteiger partial charge in [0.15, 0.2) is 5.76 Å². The van der Waals surface area contributed by atoms with Crippen molar-refractivity contribution < 1.29 is 33.7 Å². The van der Waals surface area contributed by atoms with Crippen molar-refractivity contribution in [3.05, 3.63) is 72.2 Å². The van der Waals surface area contributed by atoms with Crippen molar-refractivity contribution in [1.29, 1.82) is 0 Å². The number of nitrogens with zero attached hydrogens (tertiary/aromatic N) is 1. The number of carbonyl (C=O) groups is 2. The fourth-order valence-corrected chi connectivity index (χ4v) is 11.0. The number of hydrogen-bond donors (Lipinski definition) is 3. The number of urea groups is 1. The first-order chi connectivity index (χ1) is 23.0. The molecule has 258 valence electrons. The third-order valence-corrected chi connectivity index (χ3v) is 13.6. The van der Waals surface area contributed by atoms with E-state index in [1.54, 1.807) is 61.8 Å². The summed E-state index contributed by atoms with van der Waals surface area (Å²) in [5, 5.41) is 26.8. The third kappa shape index (κ3) is 4.75. The number of aliphatic hydroxyl groups is 2. The quantitative estimate of drug-likeness (QED) is 0.149. The van der Waals surface area contributed by atoms with E-state index in [1.807, 2.05) is 0 Å². The van der Waals surface area contributed by atoms with E-state index in [2.05, 4.69) is 37.4 Å². The van der Waals surface area contributed by atoms with E-state index in [-0.39, 0.29) is 35.6 Å². The normalized spacial score (nSPS) is 37.6. The Kier molecular flexibility index (Phi) is 8.20. The molecule has 9 nitrogen and oxygen atoms in total. The summed E-state index contributed by atoms with van der Waals surface area (Å²) >= 11 is 0. The Labute approximate surface area is 283 Å². The number of rotatable bonds is 10. The van der Waals surface area contributed by atoms with E-state index in [9.17, 15) is 19.8 Å². The second-order valence-electron chi connectivity index (χ2n) is 15.5. The zero-order chi connectivity index (χ0) is 34.0. The lowest BCUT2D eigenvalue weighted by atomic mass is 9.32. The molecule has 0 radical (unpaired) electrons. The van der Waals surface area contributed by atoms with Crippen molar-refractivity contribution in [1.82, 2.24) is 4.90 Å². The first-order valence-electron chi connectivity index (χ1n) is 17.6. The number of carbonyl (C=O) groups excluding carboxylic acids is 2. The molecule has 3 fully saturated rings. The third-order valence-electron chi connectivity index (χ3n) is 13.6. The number of anilines is 1. The topological polar surface area (TPSA) is 121 Å². The Balaban J connectivity index is 1.24. The van der Waals surface area contributed by atoms with Crippen LogP contribution in [0.15, 0.2) is 70.9 Å². The van der Waals surface area contributed by atoms with E-state index in [4.69, 9.17) is 13.9 Å². The molecule has 6 aliphatic rings. The van der Waals surface area contributed by atoms with Crippen LogP contribution in [0.1, 0.15) is 75.8 Å². The summed E-state index contributed by atoms with van der Waals surface area (Å²) in [6.45, 7) is 5.67. The molecule has 2 amide bonds. The first-order valence-corrected chi connectivity index (χ1v) is 17.6. The Morgan fingerprint density at radius 3 is 2.44 bits per heavy atom. The molecule has 1 aromatic carbocycles. The van der Waals surface area contributed by atoms with Gasteiger partial charge in [-0.15, -0.1) is 0 Å². The van der Waals surface area contributed by atoms with Gasteiger partial charge >= 0.3 is 6.03 Å². The molecule has 9 heteroatoms. The minimum atomic E-state index is -1.18. The summed E-state index contributed by atoms with van der Waals surface area (Å²) in [6, 6.07) is 10.4. The van der Waals surface area contributed by atoms with Gasteiger partial charge in [0, 0.05) is 47.8 Å². The Morgan fingerprint density at radius 2 is 1.73 bits per heavy atom. The monoisotopic (exact) mass is 658 g/mol. The lowest BCUT2D eigenvalue weighted by molar-refractivity contribution is -0.174. The van der Waals surface area contributed by atoms with E-state index in [0.29, 0.717) is 49.6 Å². The number of allylic oxidation sites excluding steroid dienone is 4. The standard InChI is InChI=1S/C39H50N2O7/c1-35-15-12-27(42)23-37(35)18-19-39(29(24-37)33(43)30-7-5-22-48-30)31(35)13-16-36(2)32(39)14-17-38(36,45)25-41(20-6-21-46-3)34(44)40-26-8-10-28(47-4)11-9-26/h5,7-11,18-19,22,24,27,31-32,42,45H,6,12-17,20-21,23,25H2,1-4H3,(H,40,44). The summed E-state index contributed by atoms with van der Waals surface area (Å²) in [5.74, 6) is 1.08. The number of nitrogens with one attached hydrogen (secondary N) is 1. The van der Waals surface area contributed by atoms with Crippen molar-refractivity contribution in [2.24, 2.45) is 33.5 Å². The van der Waals surface area contributed by atoms with Crippen molar-refractivity contribution in [3.63, 3.8) is 0 Å². The van der Waals surface area contributed by atoms with Crippen LogP contribution in [0.2, 0.25) is 0 Å². The molecule has 3 saturated carbocycles. The van der Waals surface area contributed by atoms with Gasteiger partial charge in [0.2, 0.25) is 5.78 Å². The molecule has 3 N–H and O–H groups in total. The molecule has 0 saturated heterocycles. The molecule has 8 rings (SSSR count). The fourth-order valence-electron chi connectivity index (χ4n) is 11.0. The zero-order valence-corrected chi connectivity index (χ0v) is 28.7.